The van der Waals surface area contributed by atoms with Gasteiger partial charge in [-0.2, -0.15) is 10.4 Å². The van der Waals surface area contributed by atoms with Gasteiger partial charge in [-0.3, -0.25) is 24.6 Å². The van der Waals surface area contributed by atoms with E-state index in [0.717, 1.165) is 10.5 Å². The summed E-state index contributed by atoms with van der Waals surface area (Å²) < 4.78 is 17.7. The summed E-state index contributed by atoms with van der Waals surface area (Å²) in [5, 5.41) is 26.6. The molecular weight excluding hydrogens is 602 g/mol. The molecule has 0 unspecified atom stereocenters. The van der Waals surface area contributed by atoms with Gasteiger partial charge >= 0.3 is 5.69 Å². The summed E-state index contributed by atoms with van der Waals surface area (Å²) in [4.78, 5) is 39.7. The molecule has 0 spiro atoms. The van der Waals surface area contributed by atoms with E-state index in [4.69, 9.17) is 19.3 Å². The Hall–Kier alpha value is -6.22. The van der Waals surface area contributed by atoms with Gasteiger partial charge in [0, 0.05) is 35.5 Å². The SMILES string of the molecule is CCOc1ccc(-c2nn(-c3ccccc3)cc2/C=C2/C(=O)N(CCc3ccc(OC)c(OC)c3)C(=O)C(C#N)=C2C)cc1[N+](=O)[O-]. The van der Waals surface area contributed by atoms with Crippen molar-refractivity contribution in [3.05, 3.63) is 111 Å². The van der Waals surface area contributed by atoms with Crippen molar-refractivity contribution in [2.45, 2.75) is 20.3 Å². The lowest BCUT2D eigenvalue weighted by Crippen LogP contribution is -2.43. The first-order valence-electron chi connectivity index (χ1n) is 14.7. The Morgan fingerprint density at radius 3 is 2.36 bits per heavy atom. The van der Waals surface area contributed by atoms with E-state index in [1.807, 2.05) is 42.5 Å². The van der Waals surface area contributed by atoms with Crippen LogP contribution in [0.1, 0.15) is 25.0 Å². The van der Waals surface area contributed by atoms with Gasteiger partial charge in [-0.15, -0.1) is 0 Å². The number of carbonyl (C=O) groups is 2. The molecule has 0 atom stereocenters. The van der Waals surface area contributed by atoms with Crippen molar-refractivity contribution in [2.24, 2.45) is 0 Å². The number of nitro benzene ring substituents is 1. The average molecular weight is 634 g/mol. The molecule has 12 nitrogen and oxygen atoms in total. The van der Waals surface area contributed by atoms with Crippen LogP contribution in [0.4, 0.5) is 5.69 Å². The Labute approximate surface area is 270 Å². The predicted octanol–water partition coefficient (Wildman–Crippen LogP) is 5.70. The number of nitro groups is 1. The monoisotopic (exact) mass is 633 g/mol. The minimum Gasteiger partial charge on any atom is -0.493 e. The molecule has 5 rings (SSSR count). The first kappa shape index (κ1) is 32.2. The van der Waals surface area contributed by atoms with E-state index in [9.17, 15) is 25.0 Å². The van der Waals surface area contributed by atoms with Gasteiger partial charge in [0.15, 0.2) is 17.2 Å². The van der Waals surface area contributed by atoms with Gasteiger partial charge in [0.2, 0.25) is 0 Å². The minimum absolute atomic E-state index is 0.00414. The number of hydrogen-bond donors (Lipinski definition) is 0. The van der Waals surface area contributed by atoms with Gasteiger partial charge in [-0.05, 0) is 73.9 Å². The molecule has 2 heterocycles. The molecule has 4 aromatic rings. The summed E-state index contributed by atoms with van der Waals surface area (Å²) in [5.74, 6) is -0.0975. The second-order valence-corrected chi connectivity index (χ2v) is 10.5. The molecule has 0 saturated carbocycles. The Bertz CT molecular complexity index is 1970. The summed E-state index contributed by atoms with van der Waals surface area (Å²) in [7, 11) is 3.05. The number of imide groups is 1. The molecule has 0 aliphatic carbocycles. The van der Waals surface area contributed by atoms with Gasteiger partial charge in [-0.25, -0.2) is 4.68 Å². The maximum absolute atomic E-state index is 14.0. The number of para-hydroxylation sites is 1. The Balaban J connectivity index is 1.60. The van der Waals surface area contributed by atoms with Gasteiger partial charge in [0.05, 0.1) is 31.4 Å². The van der Waals surface area contributed by atoms with Crippen LogP contribution in [0, 0.1) is 21.4 Å². The number of nitrogens with zero attached hydrogens (tertiary/aromatic N) is 5. The highest BCUT2D eigenvalue weighted by Gasteiger charge is 2.35. The molecular formula is C35H31N5O7. The number of methoxy groups -OCH3 is 2. The van der Waals surface area contributed by atoms with Gasteiger partial charge in [0.1, 0.15) is 17.3 Å². The lowest BCUT2D eigenvalue weighted by atomic mass is 9.93. The van der Waals surface area contributed by atoms with Crippen LogP contribution in [0.3, 0.4) is 0 Å². The third-order valence-corrected chi connectivity index (χ3v) is 7.69. The number of aromatic nitrogens is 2. The van der Waals surface area contributed by atoms with E-state index in [1.165, 1.54) is 26.4 Å². The molecule has 0 fully saturated rings. The second-order valence-electron chi connectivity index (χ2n) is 10.5. The first-order chi connectivity index (χ1) is 22.7. The zero-order chi connectivity index (χ0) is 33.7. The fourth-order valence-electron chi connectivity index (χ4n) is 5.28. The largest absolute Gasteiger partial charge is 0.493 e. The average Bonchev–Trinajstić information content (AvgIpc) is 3.51. The van der Waals surface area contributed by atoms with Crippen molar-refractivity contribution in [3.8, 4) is 40.3 Å². The fourth-order valence-corrected chi connectivity index (χ4v) is 5.28. The highest BCUT2D eigenvalue weighted by molar-refractivity contribution is 6.19. The third kappa shape index (κ3) is 6.46. The molecule has 0 N–H and O–H groups in total. The zero-order valence-corrected chi connectivity index (χ0v) is 26.2. The number of benzene rings is 3. The third-order valence-electron chi connectivity index (χ3n) is 7.69. The molecule has 0 radical (unpaired) electrons. The molecule has 2 amide bonds. The molecule has 238 valence electrons. The van der Waals surface area contributed by atoms with Crippen LogP contribution in [0.25, 0.3) is 23.0 Å². The highest BCUT2D eigenvalue weighted by atomic mass is 16.6. The number of carbonyl (C=O) groups excluding carboxylic acids is 2. The van der Waals surface area contributed by atoms with Crippen molar-refractivity contribution < 1.29 is 28.7 Å². The topological polar surface area (TPSA) is 150 Å². The van der Waals surface area contributed by atoms with Crippen LogP contribution in [0.2, 0.25) is 0 Å². The van der Waals surface area contributed by atoms with Crippen molar-refractivity contribution in [3.63, 3.8) is 0 Å². The summed E-state index contributed by atoms with van der Waals surface area (Å²) in [6.07, 6.45) is 3.56. The normalized spacial score (nSPS) is 13.9. The summed E-state index contributed by atoms with van der Waals surface area (Å²) in [5.41, 5.74) is 2.67. The second kappa shape index (κ2) is 13.8. The van der Waals surface area contributed by atoms with E-state index >= 15 is 0 Å². The minimum atomic E-state index is -0.685. The number of ether oxygens (including phenoxy) is 3. The van der Waals surface area contributed by atoms with Crippen LogP contribution < -0.4 is 14.2 Å². The fraction of sp³-hybridized carbons (Fsp3) is 0.200. The summed E-state index contributed by atoms with van der Waals surface area (Å²) in [6, 6.07) is 21.0. The summed E-state index contributed by atoms with van der Waals surface area (Å²) in [6.45, 7) is 3.53. The molecule has 12 heteroatoms. The maximum Gasteiger partial charge on any atom is 0.311 e. The van der Waals surface area contributed by atoms with Gasteiger partial charge in [0.25, 0.3) is 11.8 Å². The van der Waals surface area contributed by atoms with E-state index in [1.54, 1.807) is 49.0 Å². The number of hydrogen-bond acceptors (Lipinski definition) is 9. The van der Waals surface area contributed by atoms with Crippen molar-refractivity contribution >= 4 is 23.6 Å². The zero-order valence-electron chi connectivity index (χ0n) is 26.2. The molecule has 1 aliphatic rings. The Morgan fingerprint density at radius 2 is 1.70 bits per heavy atom. The number of nitriles is 1. The van der Waals surface area contributed by atoms with Crippen LogP contribution in [0.15, 0.2) is 89.6 Å². The first-order valence-corrected chi connectivity index (χ1v) is 14.7. The molecule has 1 aromatic heterocycles. The molecule has 1 aliphatic heterocycles. The quantitative estimate of drug-likeness (QED) is 0.0877. The highest BCUT2D eigenvalue weighted by Crippen LogP contribution is 2.36. The van der Waals surface area contributed by atoms with Crippen LogP contribution in [-0.2, 0) is 16.0 Å². The standard InChI is InChI=1S/C35H31N5O7/c1-5-47-30-14-12-24(19-29(30)40(43)44)33-25(21-39(37-33)26-9-7-6-8-10-26)18-27-22(2)28(20-36)35(42)38(34(27)41)16-15-23-11-13-31(45-3)32(17-23)46-4/h6-14,17-19,21H,5,15-16H2,1-4H3/b27-18+. The molecule has 0 saturated heterocycles. The van der Waals surface area contributed by atoms with E-state index in [-0.39, 0.29) is 41.3 Å². The lowest BCUT2D eigenvalue weighted by molar-refractivity contribution is -0.385. The van der Waals surface area contributed by atoms with Crippen LogP contribution in [-0.4, -0.2) is 58.8 Å². The lowest BCUT2D eigenvalue weighted by Gasteiger charge is -2.27. The summed E-state index contributed by atoms with van der Waals surface area (Å²) >= 11 is 0. The Kier molecular flexibility index (Phi) is 9.47. The molecule has 0 bridgehead atoms. The smallest absolute Gasteiger partial charge is 0.311 e. The Morgan fingerprint density at radius 1 is 0.979 bits per heavy atom. The van der Waals surface area contributed by atoms with Gasteiger partial charge in [-0.1, -0.05) is 24.3 Å². The van der Waals surface area contributed by atoms with Crippen LogP contribution in [0.5, 0.6) is 17.2 Å². The van der Waals surface area contributed by atoms with Crippen molar-refractivity contribution in [1.82, 2.24) is 14.7 Å². The number of amides is 2. The van der Waals surface area contributed by atoms with Crippen LogP contribution >= 0.6 is 0 Å². The van der Waals surface area contributed by atoms with E-state index < -0.39 is 16.7 Å². The predicted molar refractivity (Wildman–Crippen MR) is 173 cm³/mol. The van der Waals surface area contributed by atoms with Gasteiger partial charge < -0.3 is 14.2 Å². The van der Waals surface area contributed by atoms with Crippen molar-refractivity contribution in [1.29, 1.82) is 5.26 Å². The maximum atomic E-state index is 14.0. The molecule has 47 heavy (non-hydrogen) atoms. The van der Waals surface area contributed by atoms with E-state index in [2.05, 4.69) is 0 Å². The molecule has 3 aromatic carbocycles. The van der Waals surface area contributed by atoms with E-state index in [0.29, 0.717) is 40.4 Å². The number of rotatable bonds is 11. The van der Waals surface area contributed by atoms with Crippen molar-refractivity contribution in [2.75, 3.05) is 27.4 Å².